The molecule has 4 amide bonds. The molecular weight excluding hydrogens is 530 g/mol. The van der Waals surface area contributed by atoms with Gasteiger partial charge in [0.05, 0.1) is 10.5 Å². The largest absolute Gasteiger partial charge is 0.452 e. The number of imide groups is 1. The fraction of sp³-hybridized carbons (Fsp3) is 0.167. The summed E-state index contributed by atoms with van der Waals surface area (Å²) in [6, 6.07) is 20.7. The topological polar surface area (TPSA) is 122 Å². The summed E-state index contributed by atoms with van der Waals surface area (Å²) in [6.07, 6.45) is 2.38. The lowest BCUT2D eigenvalue weighted by Crippen LogP contribution is -2.36. The molecule has 0 aliphatic carbocycles. The number of thioether (sulfide) groups is 1. The minimum absolute atomic E-state index is 0.160. The van der Waals surface area contributed by atoms with Gasteiger partial charge in [0, 0.05) is 11.4 Å². The number of hydrogen-bond donors (Lipinski definition) is 2. The van der Waals surface area contributed by atoms with Gasteiger partial charge in [0.15, 0.2) is 6.61 Å². The number of aryl methyl sites for hydroxylation is 2. The van der Waals surface area contributed by atoms with Crippen molar-refractivity contribution in [1.82, 2.24) is 4.90 Å². The summed E-state index contributed by atoms with van der Waals surface area (Å²) in [5.74, 6) is -2.20. The quantitative estimate of drug-likeness (QED) is 0.280. The first-order chi connectivity index (χ1) is 19.2. The Labute approximate surface area is 235 Å². The molecule has 40 heavy (non-hydrogen) atoms. The third-order valence-electron chi connectivity index (χ3n) is 5.94. The van der Waals surface area contributed by atoms with Gasteiger partial charge in [-0.1, -0.05) is 48.9 Å². The minimum Gasteiger partial charge on any atom is -0.452 e. The Bertz CT molecular complexity index is 1460. The Balaban J connectivity index is 1.29. The van der Waals surface area contributed by atoms with E-state index in [0.717, 1.165) is 34.2 Å². The molecule has 1 heterocycles. The SMILES string of the molecule is CCc1ccc(NC(=O)CN2C(=O)S/C(=C\c3ccc(C(=O)OCC(=O)Nc4ccc(C)cc4)cc3)C2=O)cc1. The summed E-state index contributed by atoms with van der Waals surface area (Å²) >= 11 is 0.736. The Morgan fingerprint density at radius 3 is 2.08 bits per heavy atom. The molecule has 0 atom stereocenters. The van der Waals surface area contributed by atoms with E-state index in [1.165, 1.54) is 18.2 Å². The van der Waals surface area contributed by atoms with Gasteiger partial charge in [0.1, 0.15) is 6.54 Å². The van der Waals surface area contributed by atoms with Crippen LogP contribution in [0.5, 0.6) is 0 Å². The second-order valence-corrected chi connectivity index (χ2v) is 9.97. The lowest BCUT2D eigenvalue weighted by Gasteiger charge is -2.12. The molecule has 0 saturated carbocycles. The molecule has 1 aliphatic heterocycles. The van der Waals surface area contributed by atoms with Gasteiger partial charge in [0.2, 0.25) is 5.91 Å². The van der Waals surface area contributed by atoms with Crippen molar-refractivity contribution in [2.45, 2.75) is 20.3 Å². The van der Waals surface area contributed by atoms with Crippen LogP contribution in [-0.4, -0.2) is 47.0 Å². The first-order valence-corrected chi connectivity index (χ1v) is 13.3. The van der Waals surface area contributed by atoms with Gasteiger partial charge in [-0.25, -0.2) is 4.79 Å². The van der Waals surface area contributed by atoms with Gasteiger partial charge < -0.3 is 15.4 Å². The average Bonchev–Trinajstić information content (AvgIpc) is 3.21. The first kappa shape index (κ1) is 28.3. The normalized spacial score (nSPS) is 13.8. The molecular formula is C30H27N3O6S. The molecule has 204 valence electrons. The fourth-order valence-electron chi connectivity index (χ4n) is 3.72. The van der Waals surface area contributed by atoms with Crippen LogP contribution >= 0.6 is 11.8 Å². The number of carbonyl (C=O) groups excluding carboxylic acids is 5. The van der Waals surface area contributed by atoms with Gasteiger partial charge in [-0.15, -0.1) is 0 Å². The van der Waals surface area contributed by atoms with Crippen molar-refractivity contribution >= 4 is 58.1 Å². The van der Waals surface area contributed by atoms with E-state index in [-0.39, 0.29) is 10.5 Å². The van der Waals surface area contributed by atoms with Crippen molar-refractivity contribution in [3.8, 4) is 0 Å². The average molecular weight is 558 g/mol. The highest BCUT2D eigenvalue weighted by atomic mass is 32.2. The van der Waals surface area contributed by atoms with E-state index in [1.807, 2.05) is 38.1 Å². The van der Waals surface area contributed by atoms with Gasteiger partial charge >= 0.3 is 5.97 Å². The molecule has 10 heteroatoms. The van der Waals surface area contributed by atoms with Crippen LogP contribution in [0.1, 0.15) is 34.0 Å². The standard InChI is InChI=1S/C30H27N3O6S/c1-3-20-8-14-24(15-9-20)31-26(34)17-33-28(36)25(40-30(33)38)16-21-6-10-22(11-7-21)29(37)39-18-27(35)32-23-12-4-19(2)5-13-23/h4-16H,3,17-18H2,1-2H3,(H,31,34)(H,32,35)/b25-16-. The number of nitrogens with zero attached hydrogens (tertiary/aromatic N) is 1. The number of hydrogen-bond acceptors (Lipinski definition) is 7. The lowest BCUT2D eigenvalue weighted by atomic mass is 10.1. The van der Waals surface area contributed by atoms with E-state index in [2.05, 4.69) is 10.6 Å². The Morgan fingerprint density at radius 2 is 1.45 bits per heavy atom. The Kier molecular flexibility index (Phi) is 9.13. The second-order valence-electron chi connectivity index (χ2n) is 8.98. The number of nitrogens with one attached hydrogen (secondary N) is 2. The number of esters is 1. The van der Waals surface area contributed by atoms with Crippen molar-refractivity contribution in [1.29, 1.82) is 0 Å². The van der Waals surface area contributed by atoms with Crippen molar-refractivity contribution in [3.05, 3.63) is 100.0 Å². The van der Waals surface area contributed by atoms with E-state index in [0.29, 0.717) is 16.9 Å². The molecule has 2 N–H and O–H groups in total. The van der Waals surface area contributed by atoms with Crippen LogP contribution in [0.3, 0.4) is 0 Å². The Morgan fingerprint density at radius 1 is 0.850 bits per heavy atom. The number of anilines is 2. The van der Waals surface area contributed by atoms with Crippen LogP contribution in [0.15, 0.2) is 77.7 Å². The van der Waals surface area contributed by atoms with Crippen LogP contribution in [-0.2, 0) is 25.5 Å². The third kappa shape index (κ3) is 7.45. The van der Waals surface area contributed by atoms with E-state index in [9.17, 15) is 24.0 Å². The number of rotatable bonds is 9. The number of amides is 4. The molecule has 0 radical (unpaired) electrons. The van der Waals surface area contributed by atoms with E-state index in [4.69, 9.17) is 4.74 Å². The summed E-state index contributed by atoms with van der Waals surface area (Å²) in [6.45, 7) is 3.11. The maximum absolute atomic E-state index is 12.8. The highest BCUT2D eigenvalue weighted by Gasteiger charge is 2.36. The Hall–Kier alpha value is -4.70. The summed E-state index contributed by atoms with van der Waals surface area (Å²) in [7, 11) is 0. The highest BCUT2D eigenvalue weighted by Crippen LogP contribution is 2.32. The van der Waals surface area contributed by atoms with Gasteiger partial charge in [-0.05, 0) is 78.7 Å². The number of carbonyl (C=O) groups is 5. The molecule has 0 spiro atoms. The molecule has 1 fully saturated rings. The first-order valence-electron chi connectivity index (χ1n) is 12.5. The number of ether oxygens (including phenoxy) is 1. The molecule has 3 aromatic rings. The molecule has 0 bridgehead atoms. The molecule has 0 aromatic heterocycles. The minimum atomic E-state index is -0.679. The van der Waals surface area contributed by atoms with E-state index < -0.39 is 42.1 Å². The maximum atomic E-state index is 12.8. The molecule has 3 aromatic carbocycles. The number of benzene rings is 3. The molecule has 4 rings (SSSR count). The lowest BCUT2D eigenvalue weighted by molar-refractivity contribution is -0.127. The third-order valence-corrected chi connectivity index (χ3v) is 6.84. The van der Waals surface area contributed by atoms with E-state index in [1.54, 1.807) is 36.4 Å². The summed E-state index contributed by atoms with van der Waals surface area (Å²) < 4.78 is 5.08. The monoisotopic (exact) mass is 557 g/mol. The zero-order valence-corrected chi connectivity index (χ0v) is 22.7. The zero-order chi connectivity index (χ0) is 28.6. The molecule has 1 saturated heterocycles. The van der Waals surface area contributed by atoms with Crippen molar-refractivity contribution < 1.29 is 28.7 Å². The van der Waals surface area contributed by atoms with E-state index >= 15 is 0 Å². The maximum Gasteiger partial charge on any atom is 0.338 e. The van der Waals surface area contributed by atoms with Crippen LogP contribution in [0, 0.1) is 6.92 Å². The van der Waals surface area contributed by atoms with Crippen LogP contribution in [0.2, 0.25) is 0 Å². The van der Waals surface area contributed by atoms with Crippen molar-refractivity contribution in [3.63, 3.8) is 0 Å². The molecule has 1 aliphatic rings. The molecule has 0 unspecified atom stereocenters. The van der Waals surface area contributed by atoms with Crippen molar-refractivity contribution in [2.75, 3.05) is 23.8 Å². The van der Waals surface area contributed by atoms with Gasteiger partial charge in [0.25, 0.3) is 17.1 Å². The van der Waals surface area contributed by atoms with Gasteiger partial charge in [-0.2, -0.15) is 0 Å². The smallest absolute Gasteiger partial charge is 0.338 e. The highest BCUT2D eigenvalue weighted by molar-refractivity contribution is 8.18. The predicted octanol–water partition coefficient (Wildman–Crippen LogP) is 5.03. The summed E-state index contributed by atoms with van der Waals surface area (Å²) in [4.78, 5) is 63.1. The van der Waals surface area contributed by atoms with Crippen molar-refractivity contribution in [2.24, 2.45) is 0 Å². The fourth-order valence-corrected chi connectivity index (χ4v) is 4.56. The predicted molar refractivity (Wildman–Crippen MR) is 154 cm³/mol. The zero-order valence-electron chi connectivity index (χ0n) is 21.9. The van der Waals surface area contributed by atoms with Crippen LogP contribution in [0.4, 0.5) is 16.2 Å². The summed E-state index contributed by atoms with van der Waals surface area (Å²) in [5.41, 5.74) is 4.15. The summed E-state index contributed by atoms with van der Waals surface area (Å²) in [5, 5.41) is 4.80. The van der Waals surface area contributed by atoms with Gasteiger partial charge in [-0.3, -0.25) is 24.1 Å². The molecule has 9 nitrogen and oxygen atoms in total. The van der Waals surface area contributed by atoms with Crippen LogP contribution < -0.4 is 10.6 Å². The second kappa shape index (κ2) is 12.9. The van der Waals surface area contributed by atoms with Crippen LogP contribution in [0.25, 0.3) is 6.08 Å².